The lowest BCUT2D eigenvalue weighted by atomic mass is 9.79. The first-order valence-corrected chi connectivity index (χ1v) is 8.30. The molecular formula is C20H20F2O2. The third-order valence-corrected chi connectivity index (χ3v) is 4.71. The van der Waals surface area contributed by atoms with Crippen molar-refractivity contribution in [2.24, 2.45) is 5.92 Å². The largest absolute Gasteiger partial charge is 0.423 e. The maximum atomic E-state index is 14.3. The summed E-state index contributed by atoms with van der Waals surface area (Å²) in [4.78, 5) is 12.1. The summed E-state index contributed by atoms with van der Waals surface area (Å²) >= 11 is 0. The van der Waals surface area contributed by atoms with Crippen molar-refractivity contribution in [3.8, 4) is 5.75 Å². The van der Waals surface area contributed by atoms with Crippen molar-refractivity contribution in [3.05, 3.63) is 65.2 Å². The molecular weight excluding hydrogens is 310 g/mol. The molecule has 2 nitrogen and oxygen atoms in total. The normalized spacial score (nSPS) is 20.6. The zero-order valence-corrected chi connectivity index (χ0v) is 13.6. The quantitative estimate of drug-likeness (QED) is 0.550. The average Bonchev–Trinajstić information content (AvgIpc) is 2.55. The van der Waals surface area contributed by atoms with Gasteiger partial charge in [0.2, 0.25) is 0 Å². The summed E-state index contributed by atoms with van der Waals surface area (Å²) in [7, 11) is 0. The molecule has 2 aromatic rings. The minimum atomic E-state index is -0.818. The van der Waals surface area contributed by atoms with Crippen LogP contribution in [0.5, 0.6) is 5.75 Å². The molecule has 0 unspecified atom stereocenters. The number of benzene rings is 2. The summed E-state index contributed by atoms with van der Waals surface area (Å²) in [6, 6.07) is 9.92. The maximum absolute atomic E-state index is 14.3. The number of hydrogen-bond acceptors (Lipinski definition) is 2. The van der Waals surface area contributed by atoms with Crippen LogP contribution in [0.25, 0.3) is 0 Å². The Morgan fingerprint density at radius 1 is 1.04 bits per heavy atom. The Morgan fingerprint density at radius 2 is 1.79 bits per heavy atom. The minimum Gasteiger partial charge on any atom is -0.423 e. The first-order chi connectivity index (χ1) is 11.5. The van der Waals surface area contributed by atoms with Crippen LogP contribution in [0.3, 0.4) is 0 Å². The Kier molecular flexibility index (Phi) is 4.93. The zero-order chi connectivity index (χ0) is 17.1. The summed E-state index contributed by atoms with van der Waals surface area (Å²) in [5.74, 6) is -0.780. The molecule has 24 heavy (non-hydrogen) atoms. The fraction of sp³-hybridized carbons (Fsp3) is 0.350. The Balaban J connectivity index is 1.73. The van der Waals surface area contributed by atoms with E-state index in [0.717, 1.165) is 43.2 Å². The van der Waals surface area contributed by atoms with E-state index in [2.05, 4.69) is 6.92 Å². The van der Waals surface area contributed by atoms with E-state index in [-0.39, 0.29) is 11.3 Å². The molecule has 0 aliphatic heterocycles. The van der Waals surface area contributed by atoms with Crippen LogP contribution >= 0.6 is 0 Å². The zero-order valence-electron chi connectivity index (χ0n) is 13.6. The summed E-state index contributed by atoms with van der Waals surface area (Å²) in [6.45, 7) is 2.24. The maximum Gasteiger partial charge on any atom is 0.346 e. The second-order valence-corrected chi connectivity index (χ2v) is 6.54. The lowest BCUT2D eigenvalue weighted by Gasteiger charge is -2.26. The molecule has 0 N–H and O–H groups in total. The SMILES string of the molecule is CC1CCC(c2ccc(C(=O)Oc3cccc(F)c3)c(F)c2)CC1. The van der Waals surface area contributed by atoms with Crippen molar-refractivity contribution in [2.45, 2.75) is 38.5 Å². The van der Waals surface area contributed by atoms with Crippen molar-refractivity contribution >= 4 is 5.97 Å². The molecule has 0 heterocycles. The molecule has 3 rings (SSSR count). The number of ether oxygens (including phenoxy) is 1. The van der Waals surface area contributed by atoms with Gasteiger partial charge in [-0.05, 0) is 54.5 Å². The molecule has 0 aromatic heterocycles. The van der Waals surface area contributed by atoms with Crippen LogP contribution < -0.4 is 4.74 Å². The predicted molar refractivity (Wildman–Crippen MR) is 88.1 cm³/mol. The van der Waals surface area contributed by atoms with Crippen molar-refractivity contribution in [1.82, 2.24) is 0 Å². The Bertz CT molecular complexity index is 734. The molecule has 1 fully saturated rings. The molecule has 0 spiro atoms. The Morgan fingerprint density at radius 3 is 2.46 bits per heavy atom. The number of carbonyl (C=O) groups is 1. The standard InChI is InChI=1S/C20H20F2O2/c1-13-5-7-14(8-6-13)15-9-10-18(19(22)11-15)20(23)24-17-4-2-3-16(21)12-17/h2-4,9-14H,5-8H2,1H3. The van der Waals surface area contributed by atoms with E-state index in [4.69, 9.17) is 4.74 Å². The molecule has 0 saturated heterocycles. The van der Waals surface area contributed by atoms with E-state index in [9.17, 15) is 13.6 Å². The first-order valence-electron chi connectivity index (χ1n) is 8.30. The summed E-state index contributed by atoms with van der Waals surface area (Å²) in [5, 5.41) is 0. The van der Waals surface area contributed by atoms with E-state index in [1.54, 1.807) is 6.07 Å². The molecule has 0 bridgehead atoms. The van der Waals surface area contributed by atoms with Crippen molar-refractivity contribution in [3.63, 3.8) is 0 Å². The third kappa shape index (κ3) is 3.81. The van der Waals surface area contributed by atoms with Crippen LogP contribution in [-0.2, 0) is 0 Å². The van der Waals surface area contributed by atoms with Gasteiger partial charge < -0.3 is 4.74 Å². The second-order valence-electron chi connectivity index (χ2n) is 6.54. The van der Waals surface area contributed by atoms with E-state index in [0.29, 0.717) is 5.92 Å². The fourth-order valence-electron chi connectivity index (χ4n) is 3.24. The van der Waals surface area contributed by atoms with E-state index >= 15 is 0 Å². The fourth-order valence-corrected chi connectivity index (χ4v) is 3.24. The van der Waals surface area contributed by atoms with E-state index in [1.807, 2.05) is 0 Å². The highest BCUT2D eigenvalue weighted by Gasteiger charge is 2.22. The van der Waals surface area contributed by atoms with E-state index < -0.39 is 17.6 Å². The molecule has 1 aliphatic rings. The molecule has 0 amide bonds. The van der Waals surface area contributed by atoms with Gasteiger partial charge in [-0.1, -0.05) is 31.9 Å². The number of hydrogen-bond donors (Lipinski definition) is 0. The van der Waals surface area contributed by atoms with Gasteiger partial charge in [-0.25, -0.2) is 13.6 Å². The highest BCUT2D eigenvalue weighted by atomic mass is 19.1. The highest BCUT2D eigenvalue weighted by Crippen LogP contribution is 2.36. The van der Waals surface area contributed by atoms with E-state index in [1.165, 1.54) is 30.3 Å². The van der Waals surface area contributed by atoms with Gasteiger partial charge in [-0.3, -0.25) is 0 Å². The van der Waals surface area contributed by atoms with Gasteiger partial charge in [0.05, 0.1) is 5.56 Å². The van der Waals surface area contributed by atoms with Crippen molar-refractivity contribution in [2.75, 3.05) is 0 Å². The summed E-state index contributed by atoms with van der Waals surface area (Å²) in [6.07, 6.45) is 4.40. The summed E-state index contributed by atoms with van der Waals surface area (Å²) in [5.41, 5.74) is 0.800. The second kappa shape index (κ2) is 7.12. The number of halogens is 2. The Labute approximate surface area is 140 Å². The van der Waals surface area contributed by atoms with Crippen LogP contribution in [0.2, 0.25) is 0 Å². The van der Waals surface area contributed by atoms with Gasteiger partial charge in [-0.15, -0.1) is 0 Å². The molecule has 0 radical (unpaired) electrons. The molecule has 126 valence electrons. The van der Waals surface area contributed by atoms with Crippen LogP contribution in [0.1, 0.15) is 54.4 Å². The number of carbonyl (C=O) groups excluding carboxylic acids is 1. The smallest absolute Gasteiger partial charge is 0.346 e. The predicted octanol–water partition coefficient (Wildman–Crippen LogP) is 5.48. The average molecular weight is 330 g/mol. The first kappa shape index (κ1) is 16.6. The van der Waals surface area contributed by atoms with Gasteiger partial charge in [0.1, 0.15) is 17.4 Å². The lowest BCUT2D eigenvalue weighted by Crippen LogP contribution is -2.13. The molecule has 1 saturated carbocycles. The minimum absolute atomic E-state index is 0.0599. The van der Waals surface area contributed by atoms with Crippen LogP contribution in [0, 0.1) is 17.6 Å². The van der Waals surface area contributed by atoms with Crippen molar-refractivity contribution < 1.29 is 18.3 Å². The monoisotopic (exact) mass is 330 g/mol. The van der Waals surface area contributed by atoms with Gasteiger partial charge in [0.25, 0.3) is 0 Å². The van der Waals surface area contributed by atoms with Crippen LogP contribution in [0.15, 0.2) is 42.5 Å². The molecule has 4 heteroatoms. The van der Waals surface area contributed by atoms with Gasteiger partial charge in [0, 0.05) is 6.07 Å². The molecule has 0 atom stereocenters. The van der Waals surface area contributed by atoms with Crippen molar-refractivity contribution in [1.29, 1.82) is 0 Å². The topological polar surface area (TPSA) is 26.3 Å². The number of rotatable bonds is 3. The Hall–Kier alpha value is -2.23. The third-order valence-electron chi connectivity index (χ3n) is 4.71. The lowest BCUT2D eigenvalue weighted by molar-refractivity contribution is 0.0729. The summed E-state index contributed by atoms with van der Waals surface area (Å²) < 4.78 is 32.5. The molecule has 1 aliphatic carbocycles. The molecule has 2 aromatic carbocycles. The van der Waals surface area contributed by atoms with Crippen LogP contribution in [-0.4, -0.2) is 5.97 Å². The van der Waals surface area contributed by atoms with Gasteiger partial charge >= 0.3 is 5.97 Å². The number of esters is 1. The highest BCUT2D eigenvalue weighted by molar-refractivity contribution is 5.91. The van der Waals surface area contributed by atoms with Gasteiger partial charge in [-0.2, -0.15) is 0 Å². The van der Waals surface area contributed by atoms with Gasteiger partial charge in [0.15, 0.2) is 0 Å². The van der Waals surface area contributed by atoms with Crippen LogP contribution in [0.4, 0.5) is 8.78 Å².